The zero-order chi connectivity index (χ0) is 17.5. The maximum absolute atomic E-state index is 4.83. The highest BCUT2D eigenvalue weighted by molar-refractivity contribution is 5.85. The summed E-state index contributed by atoms with van der Waals surface area (Å²) in [7, 11) is 0. The standard InChI is InChI=1S/C22H26N4.ClH.2H2O/c1-14-10-18(8-9-23-14)22-24-13-21-20(26-22)12-19(25-21)17-7-6-15-4-2-3-5-16(15)11-17;;;/h6-7,11-14,18,23H,2-5,8-10H2,1H3,(H,24,26);1H;2*1H2. The zero-order valence-electron chi connectivity index (χ0n) is 16.8. The van der Waals surface area contributed by atoms with Crippen LogP contribution in [0, 0.1) is 0 Å². The molecule has 1 aromatic rings. The SMILES string of the molecule is CC1CC(c2ncc3nc(-c4ccc5c(c4)CCCC5)cc-3[nH]2)CCN1.Cl.O.O. The van der Waals surface area contributed by atoms with Gasteiger partial charge in [-0.3, -0.25) is 0 Å². The van der Waals surface area contributed by atoms with Crippen LogP contribution in [-0.4, -0.2) is 38.5 Å². The molecule has 0 spiro atoms. The number of benzene rings is 1. The van der Waals surface area contributed by atoms with Crippen molar-refractivity contribution < 1.29 is 11.0 Å². The first-order valence-electron chi connectivity index (χ1n) is 9.97. The highest BCUT2D eigenvalue weighted by Crippen LogP contribution is 2.32. The van der Waals surface area contributed by atoms with Crippen molar-refractivity contribution in [3.8, 4) is 22.6 Å². The summed E-state index contributed by atoms with van der Waals surface area (Å²) in [6.45, 7) is 3.32. The molecule has 5 rings (SSSR count). The fourth-order valence-corrected chi connectivity index (χ4v) is 4.56. The third-order valence-electron chi connectivity index (χ3n) is 6.04. The molecular weight excluding hydrogens is 388 g/mol. The number of piperidine rings is 1. The minimum atomic E-state index is 0. The molecule has 0 aromatic heterocycles. The average Bonchev–Trinajstić information content (AvgIpc) is 3.11. The zero-order valence-corrected chi connectivity index (χ0v) is 17.6. The molecule has 0 bridgehead atoms. The molecule has 1 fully saturated rings. The summed E-state index contributed by atoms with van der Waals surface area (Å²) in [6, 6.07) is 9.62. The summed E-state index contributed by atoms with van der Waals surface area (Å²) >= 11 is 0. The van der Waals surface area contributed by atoms with E-state index in [2.05, 4.69) is 41.5 Å². The second-order valence-corrected chi connectivity index (χ2v) is 7.98. The summed E-state index contributed by atoms with van der Waals surface area (Å²) in [5, 5.41) is 3.52. The number of hydrogen-bond donors (Lipinski definition) is 2. The molecule has 0 radical (unpaired) electrons. The number of halogens is 1. The third-order valence-corrected chi connectivity index (χ3v) is 6.04. The van der Waals surface area contributed by atoms with Crippen LogP contribution < -0.4 is 5.32 Å². The molecule has 1 aliphatic carbocycles. The van der Waals surface area contributed by atoms with E-state index in [1.165, 1.54) is 42.4 Å². The number of nitrogens with one attached hydrogen (secondary N) is 2. The van der Waals surface area contributed by atoms with Crippen LogP contribution in [0.1, 0.15) is 55.5 Å². The fourth-order valence-electron chi connectivity index (χ4n) is 4.56. The normalized spacial score (nSPS) is 20.7. The lowest BCUT2D eigenvalue weighted by atomic mass is 9.90. The van der Waals surface area contributed by atoms with Crippen LogP contribution in [0.25, 0.3) is 22.6 Å². The average molecular weight is 419 g/mol. The summed E-state index contributed by atoms with van der Waals surface area (Å²) < 4.78 is 0. The van der Waals surface area contributed by atoms with Gasteiger partial charge in [-0.15, -0.1) is 12.4 Å². The molecule has 158 valence electrons. The number of hydrogen-bond acceptors (Lipinski definition) is 3. The van der Waals surface area contributed by atoms with Gasteiger partial charge >= 0.3 is 0 Å². The maximum atomic E-state index is 4.83. The number of fused-ring (bicyclic) bond motifs is 2. The summed E-state index contributed by atoms with van der Waals surface area (Å²) in [6.07, 6.45) is 9.28. The van der Waals surface area contributed by atoms with Crippen LogP contribution in [-0.2, 0) is 12.8 Å². The van der Waals surface area contributed by atoms with Crippen molar-refractivity contribution in [2.45, 2.75) is 57.4 Å². The van der Waals surface area contributed by atoms with Crippen LogP contribution in [0.3, 0.4) is 0 Å². The topological polar surface area (TPSA) is 117 Å². The van der Waals surface area contributed by atoms with Gasteiger partial charge in [-0.1, -0.05) is 12.1 Å². The number of nitrogens with zero attached hydrogens (tertiary/aromatic N) is 2. The van der Waals surface area contributed by atoms with Crippen molar-refractivity contribution >= 4 is 12.4 Å². The van der Waals surface area contributed by atoms with Crippen LogP contribution in [0.15, 0.2) is 30.5 Å². The molecule has 0 amide bonds. The lowest BCUT2D eigenvalue weighted by molar-refractivity contribution is 0.371. The van der Waals surface area contributed by atoms with Gasteiger partial charge in [0.15, 0.2) is 0 Å². The van der Waals surface area contributed by atoms with Crippen molar-refractivity contribution in [3.05, 3.63) is 47.4 Å². The van der Waals surface area contributed by atoms with E-state index in [4.69, 9.17) is 9.97 Å². The molecular formula is C22H31ClN4O2. The second-order valence-electron chi connectivity index (χ2n) is 7.98. The third kappa shape index (κ3) is 4.61. The summed E-state index contributed by atoms with van der Waals surface area (Å²) in [5.41, 5.74) is 7.38. The molecule has 3 heterocycles. The van der Waals surface area contributed by atoms with Crippen molar-refractivity contribution in [2.24, 2.45) is 0 Å². The quantitative estimate of drug-likeness (QED) is 0.665. The Kier molecular flexibility index (Phi) is 7.77. The maximum Gasteiger partial charge on any atom is 0.109 e. The monoisotopic (exact) mass is 418 g/mol. The Hall–Kier alpha value is -1.99. The lowest BCUT2D eigenvalue weighted by Crippen LogP contribution is -2.35. The molecule has 6 nitrogen and oxygen atoms in total. The summed E-state index contributed by atoms with van der Waals surface area (Å²) in [5.74, 6) is 1.62. The van der Waals surface area contributed by atoms with E-state index in [1.807, 2.05) is 6.20 Å². The Balaban J connectivity index is 0.000001000. The molecule has 1 saturated heterocycles. The van der Waals surface area contributed by atoms with Gasteiger partial charge in [0.1, 0.15) is 11.5 Å². The highest BCUT2D eigenvalue weighted by atomic mass is 35.5. The van der Waals surface area contributed by atoms with E-state index >= 15 is 0 Å². The van der Waals surface area contributed by atoms with E-state index in [1.54, 1.807) is 0 Å². The van der Waals surface area contributed by atoms with E-state index in [-0.39, 0.29) is 23.4 Å². The van der Waals surface area contributed by atoms with Gasteiger partial charge in [-0.05, 0) is 75.3 Å². The Morgan fingerprint density at radius 2 is 1.79 bits per heavy atom. The smallest absolute Gasteiger partial charge is 0.109 e. The Labute approximate surface area is 177 Å². The van der Waals surface area contributed by atoms with Crippen LogP contribution in [0.4, 0.5) is 0 Å². The first-order chi connectivity index (χ1) is 12.8. The first-order valence-corrected chi connectivity index (χ1v) is 9.97. The molecule has 6 N–H and O–H groups in total. The van der Waals surface area contributed by atoms with Gasteiger partial charge in [0, 0.05) is 17.5 Å². The van der Waals surface area contributed by atoms with E-state index in [9.17, 15) is 0 Å². The van der Waals surface area contributed by atoms with E-state index < -0.39 is 0 Å². The number of aromatic nitrogens is 3. The predicted octanol–water partition coefficient (Wildman–Crippen LogP) is 3.08. The molecule has 29 heavy (non-hydrogen) atoms. The number of H-pyrrole nitrogens is 1. The van der Waals surface area contributed by atoms with Crippen molar-refractivity contribution in [2.75, 3.05) is 6.54 Å². The van der Waals surface area contributed by atoms with Gasteiger partial charge in [-0.25, -0.2) is 9.97 Å². The van der Waals surface area contributed by atoms with Crippen LogP contribution >= 0.6 is 12.4 Å². The predicted molar refractivity (Wildman–Crippen MR) is 119 cm³/mol. The highest BCUT2D eigenvalue weighted by Gasteiger charge is 2.23. The van der Waals surface area contributed by atoms with Gasteiger partial charge in [-0.2, -0.15) is 0 Å². The van der Waals surface area contributed by atoms with Crippen molar-refractivity contribution in [3.63, 3.8) is 0 Å². The van der Waals surface area contributed by atoms with Gasteiger partial charge in [0.25, 0.3) is 0 Å². The van der Waals surface area contributed by atoms with Gasteiger partial charge < -0.3 is 21.3 Å². The van der Waals surface area contributed by atoms with Crippen molar-refractivity contribution in [1.29, 1.82) is 0 Å². The molecule has 3 aliphatic heterocycles. The first kappa shape index (κ1) is 23.3. The lowest BCUT2D eigenvalue weighted by Gasteiger charge is -2.27. The molecule has 2 unspecified atom stereocenters. The Morgan fingerprint density at radius 3 is 2.59 bits per heavy atom. The van der Waals surface area contributed by atoms with Crippen LogP contribution in [0.5, 0.6) is 0 Å². The molecule has 0 saturated carbocycles. The van der Waals surface area contributed by atoms with Gasteiger partial charge in [0.2, 0.25) is 0 Å². The Morgan fingerprint density at radius 1 is 1.00 bits per heavy atom. The molecule has 4 aliphatic rings. The largest absolute Gasteiger partial charge is 0.412 e. The van der Waals surface area contributed by atoms with Crippen LogP contribution in [0.2, 0.25) is 0 Å². The van der Waals surface area contributed by atoms with E-state index in [0.717, 1.165) is 42.3 Å². The van der Waals surface area contributed by atoms with Gasteiger partial charge in [0.05, 0.1) is 17.6 Å². The molecule has 2 atom stereocenters. The minimum absolute atomic E-state index is 0. The van der Waals surface area contributed by atoms with Crippen molar-refractivity contribution in [1.82, 2.24) is 20.3 Å². The number of aryl methyl sites for hydroxylation is 2. The minimum Gasteiger partial charge on any atom is -0.412 e. The summed E-state index contributed by atoms with van der Waals surface area (Å²) in [4.78, 5) is 13.1. The fraction of sp³-hybridized carbons (Fsp3) is 0.455. The molecule has 1 aromatic carbocycles. The Bertz CT molecular complexity index is 914. The van der Waals surface area contributed by atoms with E-state index in [0.29, 0.717) is 12.0 Å². The molecule has 7 heteroatoms. The number of aromatic amines is 1. The second kappa shape index (κ2) is 9.67. The number of rotatable bonds is 2.